The lowest BCUT2D eigenvalue weighted by Crippen LogP contribution is -2.44. The molecule has 1 aliphatic rings. The van der Waals surface area contributed by atoms with Crippen LogP contribution in [0, 0.1) is 17.0 Å². The highest BCUT2D eigenvalue weighted by Crippen LogP contribution is 2.23. The van der Waals surface area contributed by atoms with Crippen molar-refractivity contribution in [1.29, 1.82) is 0 Å². The lowest BCUT2D eigenvalue weighted by molar-refractivity contribution is -0.385. The van der Waals surface area contributed by atoms with Crippen molar-refractivity contribution in [1.82, 2.24) is 9.80 Å². The van der Waals surface area contributed by atoms with E-state index < -0.39 is 0 Å². The van der Waals surface area contributed by atoms with Crippen LogP contribution in [0.25, 0.3) is 0 Å². The fraction of sp³-hybridized carbons (Fsp3) is 0.538. The standard InChI is InChI=1S/C13H19N3O2/c1-11-4-3-5-13(16(17)18)12(11)10-15-8-6-14(2)7-9-15/h3-5H,6-10H2,1-2H3. The second-order valence-corrected chi connectivity index (χ2v) is 4.91. The van der Waals surface area contributed by atoms with E-state index in [-0.39, 0.29) is 10.6 Å². The molecule has 0 aromatic heterocycles. The quantitative estimate of drug-likeness (QED) is 0.603. The molecule has 0 atom stereocenters. The van der Waals surface area contributed by atoms with Gasteiger partial charge < -0.3 is 4.90 Å². The van der Waals surface area contributed by atoms with Gasteiger partial charge in [0.2, 0.25) is 0 Å². The van der Waals surface area contributed by atoms with Gasteiger partial charge in [0.25, 0.3) is 5.69 Å². The summed E-state index contributed by atoms with van der Waals surface area (Å²) < 4.78 is 0. The van der Waals surface area contributed by atoms with Gasteiger partial charge in [-0.1, -0.05) is 12.1 Å². The van der Waals surface area contributed by atoms with E-state index in [2.05, 4.69) is 16.8 Å². The van der Waals surface area contributed by atoms with Gasteiger partial charge in [-0.2, -0.15) is 0 Å². The van der Waals surface area contributed by atoms with Crippen molar-refractivity contribution < 1.29 is 4.92 Å². The van der Waals surface area contributed by atoms with E-state index in [0.717, 1.165) is 37.3 Å². The van der Waals surface area contributed by atoms with Gasteiger partial charge >= 0.3 is 0 Å². The van der Waals surface area contributed by atoms with Crippen molar-refractivity contribution in [2.45, 2.75) is 13.5 Å². The molecule has 2 rings (SSSR count). The van der Waals surface area contributed by atoms with Gasteiger partial charge in [0.05, 0.1) is 4.92 Å². The molecule has 1 heterocycles. The molecule has 1 saturated heterocycles. The molecule has 18 heavy (non-hydrogen) atoms. The molecular formula is C13H19N3O2. The summed E-state index contributed by atoms with van der Waals surface area (Å²) in [7, 11) is 2.10. The Labute approximate surface area is 107 Å². The van der Waals surface area contributed by atoms with Crippen molar-refractivity contribution in [3.63, 3.8) is 0 Å². The zero-order valence-electron chi connectivity index (χ0n) is 10.9. The van der Waals surface area contributed by atoms with Crippen LogP contribution in [0.15, 0.2) is 18.2 Å². The molecule has 5 heteroatoms. The van der Waals surface area contributed by atoms with E-state index in [4.69, 9.17) is 0 Å². The van der Waals surface area contributed by atoms with Crippen molar-refractivity contribution in [3.8, 4) is 0 Å². The summed E-state index contributed by atoms with van der Waals surface area (Å²) in [6.45, 7) is 6.62. The number of nitro benzene ring substituents is 1. The predicted octanol–water partition coefficient (Wildman–Crippen LogP) is 1.65. The molecule has 0 amide bonds. The van der Waals surface area contributed by atoms with Crippen molar-refractivity contribution in [2.75, 3.05) is 33.2 Å². The summed E-state index contributed by atoms with van der Waals surface area (Å²) in [5.74, 6) is 0. The zero-order chi connectivity index (χ0) is 13.1. The van der Waals surface area contributed by atoms with Crippen LogP contribution >= 0.6 is 0 Å². The van der Waals surface area contributed by atoms with Crippen LogP contribution in [0.2, 0.25) is 0 Å². The maximum atomic E-state index is 11.0. The smallest absolute Gasteiger partial charge is 0.274 e. The highest BCUT2D eigenvalue weighted by molar-refractivity contribution is 5.44. The number of nitro groups is 1. The summed E-state index contributed by atoms with van der Waals surface area (Å²) >= 11 is 0. The number of hydrogen-bond donors (Lipinski definition) is 0. The summed E-state index contributed by atoms with van der Waals surface area (Å²) in [5, 5.41) is 11.0. The van der Waals surface area contributed by atoms with E-state index in [1.165, 1.54) is 0 Å². The van der Waals surface area contributed by atoms with Crippen LogP contribution in [-0.4, -0.2) is 47.9 Å². The molecule has 1 fully saturated rings. The van der Waals surface area contributed by atoms with Gasteiger partial charge in [-0.15, -0.1) is 0 Å². The van der Waals surface area contributed by atoms with Crippen LogP contribution in [0.4, 0.5) is 5.69 Å². The van der Waals surface area contributed by atoms with Crippen molar-refractivity contribution in [3.05, 3.63) is 39.4 Å². The number of aryl methyl sites for hydroxylation is 1. The molecular weight excluding hydrogens is 230 g/mol. The molecule has 5 nitrogen and oxygen atoms in total. The second kappa shape index (κ2) is 5.46. The largest absolute Gasteiger partial charge is 0.304 e. The first kappa shape index (κ1) is 13.0. The van der Waals surface area contributed by atoms with E-state index in [1.54, 1.807) is 12.1 Å². The number of nitrogens with zero attached hydrogens (tertiary/aromatic N) is 3. The summed E-state index contributed by atoms with van der Waals surface area (Å²) in [4.78, 5) is 15.3. The van der Waals surface area contributed by atoms with Crippen molar-refractivity contribution in [2.24, 2.45) is 0 Å². The highest BCUT2D eigenvalue weighted by Gasteiger charge is 2.20. The van der Waals surface area contributed by atoms with E-state index in [0.29, 0.717) is 6.54 Å². The average Bonchev–Trinajstić information content (AvgIpc) is 2.34. The maximum Gasteiger partial charge on any atom is 0.274 e. The van der Waals surface area contributed by atoms with E-state index in [9.17, 15) is 10.1 Å². The first-order valence-electron chi connectivity index (χ1n) is 6.21. The second-order valence-electron chi connectivity index (χ2n) is 4.91. The lowest BCUT2D eigenvalue weighted by atomic mass is 10.1. The highest BCUT2D eigenvalue weighted by atomic mass is 16.6. The van der Waals surface area contributed by atoms with Crippen LogP contribution in [-0.2, 0) is 6.54 Å². The number of benzene rings is 1. The first-order valence-corrected chi connectivity index (χ1v) is 6.21. The molecule has 0 radical (unpaired) electrons. The van der Waals surface area contributed by atoms with Gasteiger partial charge in [0, 0.05) is 44.4 Å². The Morgan fingerprint density at radius 1 is 1.28 bits per heavy atom. The summed E-state index contributed by atoms with van der Waals surface area (Å²) in [6.07, 6.45) is 0. The molecule has 0 spiro atoms. The Bertz CT molecular complexity index is 440. The zero-order valence-corrected chi connectivity index (χ0v) is 10.9. The fourth-order valence-corrected chi connectivity index (χ4v) is 2.29. The summed E-state index contributed by atoms with van der Waals surface area (Å²) in [6, 6.07) is 5.29. The normalized spacial score (nSPS) is 17.9. The number of likely N-dealkylation sites (N-methyl/N-ethyl adjacent to an activating group) is 1. The summed E-state index contributed by atoms with van der Waals surface area (Å²) in [5.41, 5.74) is 2.10. The average molecular weight is 249 g/mol. The number of rotatable bonds is 3. The Hall–Kier alpha value is -1.46. The van der Waals surface area contributed by atoms with E-state index in [1.807, 2.05) is 13.0 Å². The molecule has 1 aromatic rings. The van der Waals surface area contributed by atoms with Crippen LogP contribution < -0.4 is 0 Å². The van der Waals surface area contributed by atoms with Gasteiger partial charge in [0.1, 0.15) is 0 Å². The Balaban J connectivity index is 2.15. The fourth-order valence-electron chi connectivity index (χ4n) is 2.29. The van der Waals surface area contributed by atoms with Gasteiger partial charge in [-0.3, -0.25) is 15.0 Å². The van der Waals surface area contributed by atoms with Crippen molar-refractivity contribution >= 4 is 5.69 Å². The van der Waals surface area contributed by atoms with Crippen LogP contribution in [0.3, 0.4) is 0 Å². The topological polar surface area (TPSA) is 49.6 Å². The molecule has 0 aliphatic carbocycles. The molecule has 98 valence electrons. The van der Waals surface area contributed by atoms with E-state index >= 15 is 0 Å². The lowest BCUT2D eigenvalue weighted by Gasteiger charge is -2.32. The third kappa shape index (κ3) is 2.86. The predicted molar refractivity (Wildman–Crippen MR) is 70.6 cm³/mol. The Morgan fingerprint density at radius 3 is 2.56 bits per heavy atom. The molecule has 0 saturated carbocycles. The SMILES string of the molecule is Cc1cccc([N+](=O)[O-])c1CN1CCN(C)CC1. The molecule has 0 N–H and O–H groups in total. The van der Waals surface area contributed by atoms with Crippen LogP contribution in [0.5, 0.6) is 0 Å². The molecule has 1 aliphatic heterocycles. The molecule has 1 aromatic carbocycles. The minimum Gasteiger partial charge on any atom is -0.304 e. The Morgan fingerprint density at radius 2 is 1.94 bits per heavy atom. The first-order chi connectivity index (χ1) is 8.58. The van der Waals surface area contributed by atoms with Crippen LogP contribution in [0.1, 0.15) is 11.1 Å². The molecule has 0 bridgehead atoms. The number of hydrogen-bond acceptors (Lipinski definition) is 4. The van der Waals surface area contributed by atoms with Gasteiger partial charge in [-0.05, 0) is 19.5 Å². The third-order valence-electron chi connectivity index (χ3n) is 3.56. The van der Waals surface area contributed by atoms with Gasteiger partial charge in [0.15, 0.2) is 0 Å². The minimum atomic E-state index is -0.279. The number of piperazine rings is 1. The minimum absolute atomic E-state index is 0.244. The maximum absolute atomic E-state index is 11.0. The molecule has 0 unspecified atom stereocenters. The third-order valence-corrected chi connectivity index (χ3v) is 3.56. The Kier molecular flexibility index (Phi) is 3.93. The monoisotopic (exact) mass is 249 g/mol. The van der Waals surface area contributed by atoms with Gasteiger partial charge in [-0.25, -0.2) is 0 Å².